The van der Waals surface area contributed by atoms with Crippen molar-refractivity contribution in [1.29, 1.82) is 0 Å². The quantitative estimate of drug-likeness (QED) is 0.819. The normalized spacial score (nSPS) is 10.6. The van der Waals surface area contributed by atoms with Crippen molar-refractivity contribution in [2.75, 3.05) is 11.4 Å². The molecule has 0 heterocycles. The molecule has 2 rings (SSSR count). The highest BCUT2D eigenvalue weighted by Crippen LogP contribution is 2.31. The predicted molar refractivity (Wildman–Crippen MR) is 90.4 cm³/mol. The SMILES string of the molecule is CCCCN(c1ccccc1)c1cc(Br)ccc1CN. The van der Waals surface area contributed by atoms with Crippen molar-refractivity contribution in [3.63, 3.8) is 0 Å². The largest absolute Gasteiger partial charge is 0.341 e. The summed E-state index contributed by atoms with van der Waals surface area (Å²) in [4.78, 5) is 2.36. The number of halogens is 1. The molecule has 0 unspecified atom stereocenters. The molecule has 2 N–H and O–H groups in total. The Kier molecular flexibility index (Phi) is 5.62. The van der Waals surface area contributed by atoms with Crippen LogP contribution in [0.3, 0.4) is 0 Å². The van der Waals surface area contributed by atoms with Gasteiger partial charge in [-0.05, 0) is 36.2 Å². The van der Waals surface area contributed by atoms with E-state index in [4.69, 9.17) is 5.73 Å². The fraction of sp³-hybridized carbons (Fsp3) is 0.294. The second-order valence-corrected chi connectivity index (χ2v) is 5.73. The molecule has 2 aromatic rings. The van der Waals surface area contributed by atoms with Crippen LogP contribution < -0.4 is 10.6 Å². The molecule has 0 radical (unpaired) electrons. The standard InChI is InChI=1S/C17H21BrN2/c1-2-3-11-20(16-7-5-4-6-8-16)17-12-15(18)10-9-14(17)13-19/h4-10,12H,2-3,11,13,19H2,1H3. The molecule has 0 spiro atoms. The molecule has 106 valence electrons. The third-order valence-corrected chi connectivity index (χ3v) is 3.85. The highest BCUT2D eigenvalue weighted by atomic mass is 79.9. The van der Waals surface area contributed by atoms with E-state index in [0.29, 0.717) is 6.54 Å². The maximum Gasteiger partial charge on any atom is 0.0467 e. The van der Waals surface area contributed by atoms with E-state index in [1.165, 1.54) is 23.4 Å². The molecule has 0 aliphatic heterocycles. The lowest BCUT2D eigenvalue weighted by atomic mass is 10.1. The average Bonchev–Trinajstić information content (AvgIpc) is 2.49. The highest BCUT2D eigenvalue weighted by molar-refractivity contribution is 9.10. The van der Waals surface area contributed by atoms with Crippen molar-refractivity contribution in [2.45, 2.75) is 26.3 Å². The molecule has 2 nitrogen and oxygen atoms in total. The summed E-state index contributed by atoms with van der Waals surface area (Å²) in [7, 11) is 0. The minimum Gasteiger partial charge on any atom is -0.341 e. The zero-order valence-corrected chi connectivity index (χ0v) is 13.4. The molecule has 0 saturated carbocycles. The van der Waals surface area contributed by atoms with Crippen LogP contribution in [0.1, 0.15) is 25.3 Å². The number of unbranched alkanes of at least 4 members (excludes halogenated alkanes) is 1. The van der Waals surface area contributed by atoms with Crippen LogP contribution in [0.5, 0.6) is 0 Å². The number of anilines is 2. The Hall–Kier alpha value is -1.32. The monoisotopic (exact) mass is 332 g/mol. The molecule has 0 amide bonds. The fourth-order valence-corrected chi connectivity index (χ4v) is 2.62. The second kappa shape index (κ2) is 7.46. The summed E-state index contributed by atoms with van der Waals surface area (Å²) >= 11 is 3.57. The topological polar surface area (TPSA) is 29.3 Å². The van der Waals surface area contributed by atoms with Crippen LogP contribution in [0.4, 0.5) is 11.4 Å². The summed E-state index contributed by atoms with van der Waals surface area (Å²) in [6.45, 7) is 3.77. The van der Waals surface area contributed by atoms with Gasteiger partial charge in [-0.25, -0.2) is 0 Å². The maximum atomic E-state index is 5.90. The molecule has 2 aromatic carbocycles. The van der Waals surface area contributed by atoms with Gasteiger partial charge in [0.15, 0.2) is 0 Å². The molecule has 3 heteroatoms. The zero-order chi connectivity index (χ0) is 14.4. The lowest BCUT2D eigenvalue weighted by Gasteiger charge is -2.27. The molecule has 0 aliphatic rings. The lowest BCUT2D eigenvalue weighted by molar-refractivity contribution is 0.782. The number of hydrogen-bond acceptors (Lipinski definition) is 2. The Bertz CT molecular complexity index is 540. The van der Waals surface area contributed by atoms with Crippen LogP contribution in [0.2, 0.25) is 0 Å². The van der Waals surface area contributed by atoms with E-state index in [2.05, 4.69) is 70.2 Å². The lowest BCUT2D eigenvalue weighted by Crippen LogP contribution is -2.20. The van der Waals surface area contributed by atoms with Crippen molar-refractivity contribution in [1.82, 2.24) is 0 Å². The van der Waals surface area contributed by atoms with E-state index in [1.807, 2.05) is 6.07 Å². The van der Waals surface area contributed by atoms with Gasteiger partial charge >= 0.3 is 0 Å². The van der Waals surface area contributed by atoms with Crippen LogP contribution in [-0.2, 0) is 6.54 Å². The first-order valence-corrected chi connectivity index (χ1v) is 7.86. The molecule has 0 fully saturated rings. The van der Waals surface area contributed by atoms with Crippen LogP contribution in [0, 0.1) is 0 Å². The number of benzene rings is 2. The van der Waals surface area contributed by atoms with Gasteiger partial charge in [-0.3, -0.25) is 0 Å². The maximum absolute atomic E-state index is 5.90. The van der Waals surface area contributed by atoms with E-state index < -0.39 is 0 Å². The molecular formula is C17H21BrN2. The summed E-state index contributed by atoms with van der Waals surface area (Å²) in [5, 5.41) is 0. The van der Waals surface area contributed by atoms with Gasteiger partial charge in [-0.1, -0.05) is 53.5 Å². The third kappa shape index (κ3) is 3.62. The van der Waals surface area contributed by atoms with E-state index in [0.717, 1.165) is 17.4 Å². The van der Waals surface area contributed by atoms with E-state index in [-0.39, 0.29) is 0 Å². The van der Waals surface area contributed by atoms with Crippen molar-refractivity contribution in [3.05, 3.63) is 58.6 Å². The van der Waals surface area contributed by atoms with Gasteiger partial charge in [0.1, 0.15) is 0 Å². The van der Waals surface area contributed by atoms with Gasteiger partial charge < -0.3 is 10.6 Å². The minimum absolute atomic E-state index is 0.554. The summed E-state index contributed by atoms with van der Waals surface area (Å²) in [6, 6.07) is 16.8. The first-order valence-electron chi connectivity index (χ1n) is 7.07. The van der Waals surface area contributed by atoms with Crippen LogP contribution in [0.15, 0.2) is 53.0 Å². The van der Waals surface area contributed by atoms with Crippen molar-refractivity contribution in [2.24, 2.45) is 5.73 Å². The number of nitrogens with two attached hydrogens (primary N) is 1. The number of para-hydroxylation sites is 1. The summed E-state index contributed by atoms with van der Waals surface area (Å²) in [5.41, 5.74) is 9.49. The van der Waals surface area contributed by atoms with Crippen LogP contribution in [-0.4, -0.2) is 6.54 Å². The van der Waals surface area contributed by atoms with Crippen molar-refractivity contribution >= 4 is 27.3 Å². The molecule has 0 atom stereocenters. The Labute approximate surface area is 129 Å². The van der Waals surface area contributed by atoms with Crippen LogP contribution >= 0.6 is 15.9 Å². The van der Waals surface area contributed by atoms with Gasteiger partial charge in [0.25, 0.3) is 0 Å². The number of hydrogen-bond donors (Lipinski definition) is 1. The predicted octanol–water partition coefficient (Wildman–Crippen LogP) is 4.85. The molecule has 0 saturated heterocycles. The number of rotatable bonds is 6. The molecule has 20 heavy (non-hydrogen) atoms. The Balaban J connectivity index is 2.43. The Morgan fingerprint density at radius 2 is 1.85 bits per heavy atom. The van der Waals surface area contributed by atoms with E-state index in [1.54, 1.807) is 0 Å². The van der Waals surface area contributed by atoms with Gasteiger partial charge in [0.2, 0.25) is 0 Å². The van der Waals surface area contributed by atoms with E-state index >= 15 is 0 Å². The summed E-state index contributed by atoms with van der Waals surface area (Å²) < 4.78 is 1.09. The van der Waals surface area contributed by atoms with E-state index in [9.17, 15) is 0 Å². The first kappa shape index (κ1) is 15.1. The Morgan fingerprint density at radius 3 is 2.50 bits per heavy atom. The molecule has 0 aromatic heterocycles. The summed E-state index contributed by atoms with van der Waals surface area (Å²) in [6.07, 6.45) is 2.33. The third-order valence-electron chi connectivity index (χ3n) is 3.36. The molecule has 0 bridgehead atoms. The van der Waals surface area contributed by atoms with Crippen molar-refractivity contribution in [3.8, 4) is 0 Å². The van der Waals surface area contributed by atoms with Crippen LogP contribution in [0.25, 0.3) is 0 Å². The van der Waals surface area contributed by atoms with Gasteiger partial charge in [-0.2, -0.15) is 0 Å². The molecular weight excluding hydrogens is 312 g/mol. The first-order chi connectivity index (χ1) is 9.76. The fourth-order valence-electron chi connectivity index (χ4n) is 2.27. The second-order valence-electron chi connectivity index (χ2n) is 4.82. The number of nitrogens with zero attached hydrogens (tertiary/aromatic N) is 1. The summed E-state index contributed by atoms with van der Waals surface area (Å²) in [5.74, 6) is 0. The Morgan fingerprint density at radius 1 is 1.10 bits per heavy atom. The van der Waals surface area contributed by atoms with Gasteiger partial charge in [0.05, 0.1) is 0 Å². The smallest absolute Gasteiger partial charge is 0.0467 e. The highest BCUT2D eigenvalue weighted by Gasteiger charge is 2.12. The van der Waals surface area contributed by atoms with Gasteiger partial charge in [0, 0.05) is 28.9 Å². The van der Waals surface area contributed by atoms with Crippen molar-refractivity contribution < 1.29 is 0 Å². The zero-order valence-electron chi connectivity index (χ0n) is 11.8. The van der Waals surface area contributed by atoms with Gasteiger partial charge in [-0.15, -0.1) is 0 Å². The molecule has 0 aliphatic carbocycles. The average molecular weight is 333 g/mol. The minimum atomic E-state index is 0.554.